The van der Waals surface area contributed by atoms with E-state index in [1.165, 1.54) is 0 Å². The summed E-state index contributed by atoms with van der Waals surface area (Å²) in [5.74, 6) is 0.508. The van der Waals surface area contributed by atoms with Crippen LogP contribution in [0.3, 0.4) is 0 Å². The Kier molecular flexibility index (Phi) is 5.92. The first-order valence-corrected chi connectivity index (χ1v) is 6.62. The average Bonchev–Trinajstić information content (AvgIpc) is 2.55. The van der Waals surface area contributed by atoms with Gasteiger partial charge in [-0.15, -0.1) is 0 Å². The van der Waals surface area contributed by atoms with Gasteiger partial charge in [0.25, 0.3) is 0 Å². The first-order valence-electron chi connectivity index (χ1n) is 6.62. The fourth-order valence-corrected chi connectivity index (χ4v) is 1.75. The predicted molar refractivity (Wildman–Crippen MR) is 80.5 cm³/mol. The van der Waals surface area contributed by atoms with E-state index in [1.807, 2.05) is 42.6 Å². The number of nitrogens with one attached hydrogen (secondary N) is 1. The molecule has 2 rings (SSSR count). The Morgan fingerprint density at radius 3 is 2.81 bits per heavy atom. The van der Waals surface area contributed by atoms with Crippen LogP contribution < -0.4 is 5.32 Å². The van der Waals surface area contributed by atoms with Crippen molar-refractivity contribution >= 4 is 5.84 Å². The van der Waals surface area contributed by atoms with Gasteiger partial charge in [-0.2, -0.15) is 5.26 Å². The maximum absolute atomic E-state index is 8.76. The van der Waals surface area contributed by atoms with Gasteiger partial charge in [-0.3, -0.25) is 15.3 Å². The Bertz CT molecular complexity index is 605. The molecule has 5 heteroatoms. The molecule has 0 fully saturated rings. The van der Waals surface area contributed by atoms with Crippen molar-refractivity contribution in [2.24, 2.45) is 4.99 Å². The number of hydrogen-bond acceptors (Lipinski definition) is 4. The third-order valence-corrected chi connectivity index (χ3v) is 2.73. The van der Waals surface area contributed by atoms with Crippen LogP contribution in [0.25, 0.3) is 0 Å². The predicted octanol–water partition coefficient (Wildman–Crippen LogP) is 2.12. The Morgan fingerprint density at radius 1 is 1.24 bits per heavy atom. The van der Waals surface area contributed by atoms with Gasteiger partial charge in [0, 0.05) is 18.0 Å². The monoisotopic (exact) mass is 280 g/mol. The Labute approximate surface area is 123 Å². The number of pyridine rings is 1. The summed E-state index contributed by atoms with van der Waals surface area (Å²) in [5, 5.41) is 11.3. The zero-order valence-corrected chi connectivity index (χ0v) is 11.6. The molecule has 5 nitrogen and oxygen atoms in total. The molecule has 1 aromatic heterocycles. The zero-order chi connectivity index (χ0) is 14.8. The quantitative estimate of drug-likeness (QED) is 0.289. The normalized spacial score (nSPS) is 10.9. The van der Waals surface area contributed by atoms with Gasteiger partial charge in [-0.25, -0.2) is 0 Å². The highest BCUT2D eigenvalue weighted by atomic mass is 16.5. The van der Waals surface area contributed by atoms with Crippen molar-refractivity contribution in [2.45, 2.75) is 6.61 Å². The van der Waals surface area contributed by atoms with Gasteiger partial charge in [0.2, 0.25) is 0 Å². The van der Waals surface area contributed by atoms with Gasteiger partial charge in [0.15, 0.2) is 6.19 Å². The van der Waals surface area contributed by atoms with Crippen LogP contribution in [0.2, 0.25) is 0 Å². The standard InChI is InChI=1S/C16H16N4O/c17-13-20-16(15-7-4-8-18-11-15)19-9-10-21-12-14-5-2-1-3-6-14/h1-8,11H,9-10,12H2,(H,19,20). The molecule has 0 radical (unpaired) electrons. The second-order valence-corrected chi connectivity index (χ2v) is 4.25. The Morgan fingerprint density at radius 2 is 2.10 bits per heavy atom. The molecule has 1 N–H and O–H groups in total. The van der Waals surface area contributed by atoms with Crippen molar-refractivity contribution in [1.82, 2.24) is 10.3 Å². The number of nitrogens with zero attached hydrogens (tertiary/aromatic N) is 3. The van der Waals surface area contributed by atoms with Crippen molar-refractivity contribution < 1.29 is 4.74 Å². The highest BCUT2D eigenvalue weighted by Gasteiger charge is 2.01. The lowest BCUT2D eigenvalue weighted by molar-refractivity contribution is 0.128. The molecular weight excluding hydrogens is 264 g/mol. The van der Waals surface area contributed by atoms with Crippen LogP contribution in [0.5, 0.6) is 0 Å². The van der Waals surface area contributed by atoms with E-state index in [0.717, 1.165) is 11.1 Å². The number of aromatic nitrogens is 1. The van der Waals surface area contributed by atoms with E-state index in [-0.39, 0.29) is 0 Å². The maximum atomic E-state index is 8.76. The van der Waals surface area contributed by atoms with E-state index in [9.17, 15) is 0 Å². The molecule has 0 saturated heterocycles. The Balaban J connectivity index is 1.82. The summed E-state index contributed by atoms with van der Waals surface area (Å²) in [6.07, 6.45) is 5.22. The first kappa shape index (κ1) is 14.7. The lowest BCUT2D eigenvalue weighted by atomic mass is 10.2. The number of hydrogen-bond donors (Lipinski definition) is 1. The van der Waals surface area contributed by atoms with Crippen molar-refractivity contribution in [3.05, 3.63) is 66.0 Å². The molecule has 0 aliphatic rings. The second kappa shape index (κ2) is 8.46. The van der Waals surface area contributed by atoms with E-state index in [4.69, 9.17) is 10.00 Å². The second-order valence-electron chi connectivity index (χ2n) is 4.25. The number of amidine groups is 1. The number of ether oxygens (including phenoxy) is 1. The molecule has 0 saturated carbocycles. The van der Waals surface area contributed by atoms with Gasteiger partial charge in [0.05, 0.1) is 19.8 Å². The largest absolute Gasteiger partial charge is 0.375 e. The summed E-state index contributed by atoms with van der Waals surface area (Å²) >= 11 is 0. The van der Waals surface area contributed by atoms with E-state index in [2.05, 4.69) is 15.3 Å². The van der Waals surface area contributed by atoms with Crippen molar-refractivity contribution in [1.29, 1.82) is 5.26 Å². The lowest BCUT2D eigenvalue weighted by Crippen LogP contribution is -2.20. The van der Waals surface area contributed by atoms with Crippen LogP contribution in [0.4, 0.5) is 0 Å². The minimum absolute atomic E-state index is 0.478. The molecule has 0 spiro atoms. The maximum Gasteiger partial charge on any atom is 0.182 e. The fraction of sp³-hybridized carbons (Fsp3) is 0.188. The summed E-state index contributed by atoms with van der Waals surface area (Å²) in [7, 11) is 0. The van der Waals surface area contributed by atoms with E-state index in [1.54, 1.807) is 18.5 Å². The average molecular weight is 280 g/mol. The van der Waals surface area contributed by atoms with Crippen LogP contribution in [-0.4, -0.2) is 24.0 Å². The minimum atomic E-state index is 0.478. The molecule has 21 heavy (non-hydrogen) atoms. The molecule has 0 atom stereocenters. The molecule has 0 aliphatic heterocycles. The highest BCUT2D eigenvalue weighted by molar-refractivity contribution is 5.99. The van der Waals surface area contributed by atoms with Gasteiger partial charge in [-0.05, 0) is 17.7 Å². The Hall–Kier alpha value is -2.71. The molecule has 106 valence electrons. The SMILES string of the molecule is N#CNC(=NCCOCc1ccccc1)c1cccnc1. The van der Waals surface area contributed by atoms with Gasteiger partial charge < -0.3 is 4.74 Å². The molecule has 0 unspecified atom stereocenters. The molecule has 0 aliphatic carbocycles. The van der Waals surface area contributed by atoms with Crippen LogP contribution in [0, 0.1) is 11.5 Å². The van der Waals surface area contributed by atoms with E-state index in [0.29, 0.717) is 25.6 Å². The van der Waals surface area contributed by atoms with Crippen LogP contribution >= 0.6 is 0 Å². The van der Waals surface area contributed by atoms with E-state index >= 15 is 0 Å². The van der Waals surface area contributed by atoms with Crippen molar-refractivity contribution in [3.8, 4) is 6.19 Å². The van der Waals surface area contributed by atoms with Crippen LogP contribution in [0.15, 0.2) is 59.9 Å². The lowest BCUT2D eigenvalue weighted by Gasteiger charge is -2.05. The summed E-state index contributed by atoms with van der Waals surface area (Å²) < 4.78 is 5.55. The summed E-state index contributed by atoms with van der Waals surface area (Å²) in [6.45, 7) is 1.53. The summed E-state index contributed by atoms with van der Waals surface area (Å²) in [4.78, 5) is 8.34. The fourth-order valence-electron chi connectivity index (χ4n) is 1.75. The van der Waals surface area contributed by atoms with Gasteiger partial charge in [0.1, 0.15) is 5.84 Å². The van der Waals surface area contributed by atoms with Gasteiger partial charge in [-0.1, -0.05) is 30.3 Å². The molecular formula is C16H16N4O. The first-order chi connectivity index (χ1) is 10.4. The van der Waals surface area contributed by atoms with E-state index < -0.39 is 0 Å². The zero-order valence-electron chi connectivity index (χ0n) is 11.6. The van der Waals surface area contributed by atoms with Crippen molar-refractivity contribution in [3.63, 3.8) is 0 Å². The molecule has 2 aromatic rings. The summed E-state index contributed by atoms with van der Waals surface area (Å²) in [6, 6.07) is 13.6. The van der Waals surface area contributed by atoms with Crippen molar-refractivity contribution in [2.75, 3.05) is 13.2 Å². The molecule has 0 bridgehead atoms. The van der Waals surface area contributed by atoms with Gasteiger partial charge >= 0.3 is 0 Å². The third-order valence-electron chi connectivity index (χ3n) is 2.73. The topological polar surface area (TPSA) is 70.3 Å². The molecule has 1 heterocycles. The summed E-state index contributed by atoms with van der Waals surface area (Å²) in [5.41, 5.74) is 1.91. The number of benzene rings is 1. The molecule has 0 amide bonds. The number of rotatable bonds is 6. The smallest absolute Gasteiger partial charge is 0.182 e. The third kappa shape index (κ3) is 5.05. The van der Waals surface area contributed by atoms with Crippen LogP contribution in [0.1, 0.15) is 11.1 Å². The minimum Gasteiger partial charge on any atom is -0.375 e. The number of nitriles is 1. The van der Waals surface area contributed by atoms with Crippen LogP contribution in [-0.2, 0) is 11.3 Å². The highest BCUT2D eigenvalue weighted by Crippen LogP contribution is 2.01. The molecule has 1 aromatic carbocycles. The number of aliphatic imine (C=N–C) groups is 1.